The molecular formula is C20H27BFNO4. The number of carbonyl (C=O) groups excluding carboxylic acids is 1. The van der Waals surface area contributed by atoms with Crippen LogP contribution in [0.2, 0.25) is 0 Å². The van der Waals surface area contributed by atoms with Gasteiger partial charge in [-0.05, 0) is 57.8 Å². The molecule has 1 fully saturated rings. The van der Waals surface area contributed by atoms with Crippen molar-refractivity contribution in [1.29, 1.82) is 0 Å². The molecule has 0 radical (unpaired) electrons. The van der Waals surface area contributed by atoms with E-state index in [0.29, 0.717) is 30.8 Å². The Bertz CT molecular complexity index is 746. The number of halogens is 1. The first-order valence-electron chi connectivity index (χ1n) is 9.28. The summed E-state index contributed by atoms with van der Waals surface area (Å²) in [5.41, 5.74) is 0.878. The van der Waals surface area contributed by atoms with Crippen LogP contribution < -0.4 is 4.74 Å². The minimum atomic E-state index is -0.376. The van der Waals surface area contributed by atoms with E-state index in [-0.39, 0.29) is 36.5 Å². The Balaban J connectivity index is 1.64. The molecule has 2 aliphatic heterocycles. The van der Waals surface area contributed by atoms with E-state index in [9.17, 15) is 9.18 Å². The third kappa shape index (κ3) is 4.04. The maximum absolute atomic E-state index is 13.5. The lowest BCUT2D eigenvalue weighted by atomic mass is 9.74. The topological polar surface area (TPSA) is 48.0 Å². The molecule has 1 amide bonds. The van der Waals surface area contributed by atoms with E-state index >= 15 is 0 Å². The molecular weight excluding hydrogens is 348 g/mol. The van der Waals surface area contributed by atoms with Crippen molar-refractivity contribution in [2.75, 3.05) is 20.2 Å². The lowest BCUT2D eigenvalue weighted by Crippen LogP contribution is -2.41. The Hall–Kier alpha value is -1.86. The van der Waals surface area contributed by atoms with Gasteiger partial charge in [-0.2, -0.15) is 0 Å². The predicted octanol–water partition coefficient (Wildman–Crippen LogP) is 3.17. The highest BCUT2D eigenvalue weighted by molar-refractivity contribution is 6.54. The van der Waals surface area contributed by atoms with Crippen LogP contribution in [0.25, 0.3) is 0 Å². The molecule has 0 bridgehead atoms. The number of nitrogens with zero attached hydrogens (tertiary/aromatic N) is 1. The van der Waals surface area contributed by atoms with Gasteiger partial charge in [0.2, 0.25) is 5.91 Å². The van der Waals surface area contributed by atoms with Crippen LogP contribution in [0.5, 0.6) is 5.75 Å². The molecule has 2 aliphatic rings. The highest BCUT2D eigenvalue weighted by Crippen LogP contribution is 2.39. The van der Waals surface area contributed by atoms with E-state index in [1.165, 1.54) is 19.2 Å². The lowest BCUT2D eigenvalue weighted by molar-refractivity contribution is -0.130. The molecule has 0 spiro atoms. The molecule has 2 heterocycles. The zero-order valence-electron chi connectivity index (χ0n) is 16.7. The highest BCUT2D eigenvalue weighted by Gasteiger charge is 2.52. The van der Waals surface area contributed by atoms with E-state index in [4.69, 9.17) is 14.0 Å². The van der Waals surface area contributed by atoms with Crippen LogP contribution in [0.3, 0.4) is 0 Å². The van der Waals surface area contributed by atoms with Crippen LogP contribution in [0, 0.1) is 5.82 Å². The molecule has 1 saturated heterocycles. The Morgan fingerprint density at radius 1 is 1.26 bits per heavy atom. The van der Waals surface area contributed by atoms with Crippen molar-refractivity contribution in [2.45, 2.75) is 51.7 Å². The Morgan fingerprint density at radius 3 is 2.48 bits per heavy atom. The second kappa shape index (κ2) is 7.28. The third-order valence-corrected chi connectivity index (χ3v) is 5.74. The fourth-order valence-corrected chi connectivity index (χ4v) is 3.28. The Morgan fingerprint density at radius 2 is 1.93 bits per heavy atom. The number of benzene rings is 1. The molecule has 27 heavy (non-hydrogen) atoms. The van der Waals surface area contributed by atoms with Crippen molar-refractivity contribution < 1.29 is 23.2 Å². The van der Waals surface area contributed by atoms with Crippen molar-refractivity contribution in [1.82, 2.24) is 4.90 Å². The summed E-state index contributed by atoms with van der Waals surface area (Å²) in [5, 5.41) is 0. The van der Waals surface area contributed by atoms with Gasteiger partial charge in [-0.3, -0.25) is 4.79 Å². The first kappa shape index (κ1) is 19.9. The molecule has 0 atom stereocenters. The van der Waals surface area contributed by atoms with Crippen molar-refractivity contribution in [3.8, 4) is 5.75 Å². The SMILES string of the molecule is COc1ccc(F)cc1CC(=O)N1CC=C(B2OC(C)(C)C(C)(C)O2)CC1. The summed E-state index contributed by atoms with van der Waals surface area (Å²) < 4.78 is 30.9. The monoisotopic (exact) mass is 375 g/mol. The summed E-state index contributed by atoms with van der Waals surface area (Å²) >= 11 is 0. The van der Waals surface area contributed by atoms with E-state index in [1.54, 1.807) is 11.0 Å². The van der Waals surface area contributed by atoms with Gasteiger partial charge in [-0.15, -0.1) is 0 Å². The van der Waals surface area contributed by atoms with Gasteiger partial charge < -0.3 is 18.9 Å². The molecule has 3 rings (SSSR count). The zero-order chi connectivity index (χ0) is 19.8. The van der Waals surface area contributed by atoms with Crippen LogP contribution in [-0.4, -0.2) is 49.3 Å². The van der Waals surface area contributed by atoms with Gasteiger partial charge in [-0.1, -0.05) is 6.08 Å². The van der Waals surface area contributed by atoms with Gasteiger partial charge in [0.1, 0.15) is 11.6 Å². The molecule has 0 unspecified atom stereocenters. The average molecular weight is 375 g/mol. The first-order valence-corrected chi connectivity index (χ1v) is 9.28. The summed E-state index contributed by atoms with van der Waals surface area (Å²) in [7, 11) is 1.15. The average Bonchev–Trinajstić information content (AvgIpc) is 2.83. The van der Waals surface area contributed by atoms with Gasteiger partial charge in [0.05, 0.1) is 24.7 Å². The maximum Gasteiger partial charge on any atom is 0.490 e. The summed E-state index contributed by atoms with van der Waals surface area (Å²) in [4.78, 5) is 14.4. The van der Waals surface area contributed by atoms with E-state index < -0.39 is 0 Å². The molecule has 0 aliphatic carbocycles. The van der Waals surface area contributed by atoms with Gasteiger partial charge in [0.15, 0.2) is 0 Å². The van der Waals surface area contributed by atoms with Crippen LogP contribution >= 0.6 is 0 Å². The maximum atomic E-state index is 13.5. The van der Waals surface area contributed by atoms with Gasteiger partial charge in [-0.25, -0.2) is 4.39 Å². The van der Waals surface area contributed by atoms with Crippen LogP contribution in [0.1, 0.15) is 39.7 Å². The zero-order valence-corrected chi connectivity index (χ0v) is 16.7. The number of rotatable bonds is 4. The molecule has 1 aromatic carbocycles. The predicted molar refractivity (Wildman–Crippen MR) is 102 cm³/mol. The second-order valence-electron chi connectivity index (χ2n) is 8.09. The minimum absolute atomic E-state index is 0.0527. The van der Waals surface area contributed by atoms with Crippen molar-refractivity contribution in [3.63, 3.8) is 0 Å². The highest BCUT2D eigenvalue weighted by atomic mass is 19.1. The number of amides is 1. The first-order chi connectivity index (χ1) is 12.6. The summed E-state index contributed by atoms with van der Waals surface area (Å²) in [6.45, 7) is 9.19. The normalized spacial score (nSPS) is 21.2. The molecule has 1 aromatic rings. The van der Waals surface area contributed by atoms with Gasteiger partial charge >= 0.3 is 7.12 Å². The lowest BCUT2D eigenvalue weighted by Gasteiger charge is -2.32. The number of hydrogen-bond acceptors (Lipinski definition) is 4. The minimum Gasteiger partial charge on any atom is -0.496 e. The van der Waals surface area contributed by atoms with E-state index in [0.717, 1.165) is 5.47 Å². The fraction of sp³-hybridized carbons (Fsp3) is 0.550. The largest absolute Gasteiger partial charge is 0.496 e. The summed E-state index contributed by atoms with van der Waals surface area (Å²) in [6.07, 6.45) is 2.82. The van der Waals surface area contributed by atoms with Crippen molar-refractivity contribution >= 4 is 13.0 Å². The molecule has 146 valence electrons. The fourth-order valence-electron chi connectivity index (χ4n) is 3.28. The van der Waals surface area contributed by atoms with Gasteiger partial charge in [0, 0.05) is 18.7 Å². The number of hydrogen-bond donors (Lipinski definition) is 0. The molecule has 5 nitrogen and oxygen atoms in total. The number of methoxy groups -OCH3 is 1. The van der Waals surface area contributed by atoms with Crippen molar-refractivity contribution in [2.24, 2.45) is 0 Å². The van der Waals surface area contributed by atoms with Crippen LogP contribution in [-0.2, 0) is 20.5 Å². The quantitative estimate of drug-likeness (QED) is 0.759. The molecule has 0 aromatic heterocycles. The van der Waals surface area contributed by atoms with Crippen LogP contribution in [0.4, 0.5) is 4.39 Å². The Labute approximate surface area is 160 Å². The van der Waals surface area contributed by atoms with E-state index in [2.05, 4.69) is 0 Å². The van der Waals surface area contributed by atoms with E-state index in [1.807, 2.05) is 33.8 Å². The molecule has 0 saturated carbocycles. The third-order valence-electron chi connectivity index (χ3n) is 5.74. The molecule has 7 heteroatoms. The Kier molecular flexibility index (Phi) is 5.37. The summed E-state index contributed by atoms with van der Waals surface area (Å²) in [6, 6.07) is 4.23. The molecule has 0 N–H and O–H groups in total. The standard InChI is InChI=1S/C20H27BFNO4/c1-19(2)20(3,4)27-21(26-19)15-8-10-23(11-9-15)18(24)13-14-12-16(22)6-7-17(14)25-5/h6-8,12H,9-11,13H2,1-5H3. The smallest absolute Gasteiger partial charge is 0.490 e. The summed E-state index contributed by atoms with van der Waals surface area (Å²) in [5.74, 6) is 0.0958. The van der Waals surface area contributed by atoms with Gasteiger partial charge in [0.25, 0.3) is 0 Å². The van der Waals surface area contributed by atoms with Crippen LogP contribution in [0.15, 0.2) is 29.7 Å². The number of ether oxygens (including phenoxy) is 1. The second-order valence-corrected chi connectivity index (χ2v) is 8.09. The van der Waals surface area contributed by atoms with Crippen molar-refractivity contribution in [3.05, 3.63) is 41.1 Å². The number of carbonyl (C=O) groups is 1.